The lowest BCUT2D eigenvalue weighted by molar-refractivity contribution is 0.180. The summed E-state index contributed by atoms with van der Waals surface area (Å²) in [5, 5.41) is 1.50. The molecule has 0 unspecified atom stereocenters. The zero-order valence-corrected chi connectivity index (χ0v) is 8.44. The molecule has 0 atom stereocenters. The predicted octanol–water partition coefficient (Wildman–Crippen LogP) is 1.08. The second-order valence-corrected chi connectivity index (χ2v) is 3.13. The van der Waals surface area contributed by atoms with Gasteiger partial charge in [0.05, 0.1) is 7.11 Å². The van der Waals surface area contributed by atoms with E-state index >= 15 is 0 Å². The minimum atomic E-state index is 0.563. The van der Waals surface area contributed by atoms with E-state index in [9.17, 15) is 0 Å². The maximum absolute atomic E-state index is 4.88. The SMILES string of the molecule is CON(C)c1ncc(I)cn1. The van der Waals surface area contributed by atoms with E-state index in [4.69, 9.17) is 4.84 Å². The van der Waals surface area contributed by atoms with Crippen molar-refractivity contribution in [3.05, 3.63) is 16.0 Å². The van der Waals surface area contributed by atoms with E-state index in [1.807, 2.05) is 0 Å². The van der Waals surface area contributed by atoms with Crippen molar-refractivity contribution in [3.8, 4) is 0 Å². The van der Waals surface area contributed by atoms with Crippen molar-refractivity contribution in [1.29, 1.82) is 0 Å². The molecule has 0 fully saturated rings. The van der Waals surface area contributed by atoms with Crippen LogP contribution in [-0.4, -0.2) is 24.1 Å². The Kier molecular flexibility index (Phi) is 3.01. The summed E-state index contributed by atoms with van der Waals surface area (Å²) < 4.78 is 1.01. The molecule has 1 heterocycles. The third-order valence-electron chi connectivity index (χ3n) is 1.16. The Labute approximate surface area is 78.7 Å². The standard InChI is InChI=1S/C6H8IN3O/c1-10(11-2)6-8-3-5(7)4-9-6/h3-4H,1-2H3. The average molecular weight is 265 g/mol. The van der Waals surface area contributed by atoms with E-state index in [0.29, 0.717) is 5.95 Å². The maximum atomic E-state index is 4.88. The monoisotopic (exact) mass is 265 g/mol. The first-order valence-corrected chi connectivity index (χ1v) is 4.07. The van der Waals surface area contributed by atoms with Crippen molar-refractivity contribution in [2.45, 2.75) is 0 Å². The van der Waals surface area contributed by atoms with Gasteiger partial charge in [-0.05, 0) is 22.6 Å². The number of rotatable bonds is 2. The summed E-state index contributed by atoms with van der Waals surface area (Å²) in [6.45, 7) is 0. The molecule has 0 saturated carbocycles. The van der Waals surface area contributed by atoms with Crippen molar-refractivity contribution in [2.24, 2.45) is 0 Å². The predicted molar refractivity (Wildman–Crippen MR) is 50.2 cm³/mol. The van der Waals surface area contributed by atoms with Gasteiger partial charge in [-0.3, -0.25) is 4.84 Å². The van der Waals surface area contributed by atoms with Gasteiger partial charge in [0.2, 0.25) is 5.95 Å². The molecule has 60 valence electrons. The van der Waals surface area contributed by atoms with Crippen molar-refractivity contribution in [1.82, 2.24) is 9.97 Å². The Morgan fingerprint density at radius 2 is 2.00 bits per heavy atom. The Balaban J connectivity index is 2.81. The fourth-order valence-corrected chi connectivity index (χ4v) is 0.828. The van der Waals surface area contributed by atoms with Crippen LogP contribution in [0.3, 0.4) is 0 Å². The molecule has 0 spiro atoms. The molecule has 0 aliphatic carbocycles. The number of aromatic nitrogens is 2. The largest absolute Gasteiger partial charge is 0.274 e. The smallest absolute Gasteiger partial charge is 0.249 e. The molecule has 0 aliphatic rings. The molecule has 0 aliphatic heterocycles. The lowest BCUT2D eigenvalue weighted by Crippen LogP contribution is -2.17. The number of hydrogen-bond donors (Lipinski definition) is 0. The van der Waals surface area contributed by atoms with E-state index in [2.05, 4.69) is 32.6 Å². The van der Waals surface area contributed by atoms with Crippen LogP contribution in [0.25, 0.3) is 0 Å². The maximum Gasteiger partial charge on any atom is 0.249 e. The van der Waals surface area contributed by atoms with Gasteiger partial charge >= 0.3 is 0 Å². The molecular formula is C6H8IN3O. The van der Waals surface area contributed by atoms with Crippen LogP contribution in [0.4, 0.5) is 5.95 Å². The summed E-state index contributed by atoms with van der Waals surface area (Å²) >= 11 is 2.15. The van der Waals surface area contributed by atoms with Gasteiger partial charge in [-0.25, -0.2) is 15.0 Å². The van der Waals surface area contributed by atoms with Crippen LogP contribution in [-0.2, 0) is 4.84 Å². The van der Waals surface area contributed by atoms with E-state index in [-0.39, 0.29) is 0 Å². The quantitative estimate of drug-likeness (QED) is 0.592. The fourth-order valence-electron chi connectivity index (χ4n) is 0.550. The molecule has 1 aromatic rings. The van der Waals surface area contributed by atoms with Crippen LogP contribution in [0, 0.1) is 3.57 Å². The van der Waals surface area contributed by atoms with Crippen molar-refractivity contribution < 1.29 is 4.84 Å². The van der Waals surface area contributed by atoms with Crippen LogP contribution >= 0.6 is 22.6 Å². The van der Waals surface area contributed by atoms with Crippen molar-refractivity contribution in [3.63, 3.8) is 0 Å². The summed E-state index contributed by atoms with van der Waals surface area (Å²) in [6, 6.07) is 0. The summed E-state index contributed by atoms with van der Waals surface area (Å²) in [4.78, 5) is 12.9. The molecule has 0 amide bonds. The molecule has 0 N–H and O–H groups in total. The minimum Gasteiger partial charge on any atom is -0.274 e. The molecule has 0 saturated heterocycles. The van der Waals surface area contributed by atoms with Gasteiger partial charge in [0.25, 0.3) is 0 Å². The molecule has 0 radical (unpaired) electrons. The number of halogens is 1. The van der Waals surface area contributed by atoms with Gasteiger partial charge in [0, 0.05) is 23.0 Å². The first-order valence-electron chi connectivity index (χ1n) is 2.99. The van der Waals surface area contributed by atoms with Gasteiger partial charge in [0.1, 0.15) is 0 Å². The van der Waals surface area contributed by atoms with E-state index in [0.717, 1.165) is 3.57 Å². The molecule has 1 aromatic heterocycles. The Morgan fingerprint density at radius 1 is 1.45 bits per heavy atom. The van der Waals surface area contributed by atoms with Gasteiger partial charge in [-0.1, -0.05) is 0 Å². The molecule has 1 rings (SSSR count). The minimum absolute atomic E-state index is 0.563. The van der Waals surface area contributed by atoms with Crippen LogP contribution in [0.15, 0.2) is 12.4 Å². The van der Waals surface area contributed by atoms with Crippen molar-refractivity contribution in [2.75, 3.05) is 19.2 Å². The van der Waals surface area contributed by atoms with E-state index < -0.39 is 0 Å². The van der Waals surface area contributed by atoms with Gasteiger partial charge in [0.15, 0.2) is 0 Å². The van der Waals surface area contributed by atoms with Crippen LogP contribution < -0.4 is 5.06 Å². The highest BCUT2D eigenvalue weighted by atomic mass is 127. The lowest BCUT2D eigenvalue weighted by Gasteiger charge is -2.11. The molecule has 4 nitrogen and oxygen atoms in total. The highest BCUT2D eigenvalue weighted by molar-refractivity contribution is 14.1. The zero-order valence-electron chi connectivity index (χ0n) is 6.28. The lowest BCUT2D eigenvalue weighted by atomic mass is 10.7. The van der Waals surface area contributed by atoms with Crippen LogP contribution in [0.1, 0.15) is 0 Å². The molecular weight excluding hydrogens is 257 g/mol. The Morgan fingerprint density at radius 3 is 2.45 bits per heavy atom. The Bertz CT molecular complexity index is 226. The topological polar surface area (TPSA) is 38.2 Å². The number of nitrogens with zero attached hydrogens (tertiary/aromatic N) is 3. The van der Waals surface area contributed by atoms with E-state index in [1.54, 1.807) is 26.6 Å². The number of anilines is 1. The normalized spacial score (nSPS) is 9.73. The van der Waals surface area contributed by atoms with Crippen molar-refractivity contribution >= 4 is 28.5 Å². The summed E-state index contributed by atoms with van der Waals surface area (Å²) in [7, 11) is 3.32. The molecule has 5 heteroatoms. The highest BCUT2D eigenvalue weighted by Crippen LogP contribution is 2.05. The third kappa shape index (κ3) is 2.26. The van der Waals surface area contributed by atoms with Crippen LogP contribution in [0.2, 0.25) is 0 Å². The molecule has 0 aromatic carbocycles. The average Bonchev–Trinajstić information content (AvgIpc) is 2.05. The number of hydroxylamine groups is 1. The van der Waals surface area contributed by atoms with Gasteiger partial charge in [-0.2, -0.15) is 0 Å². The fraction of sp³-hybridized carbons (Fsp3) is 0.333. The van der Waals surface area contributed by atoms with Gasteiger partial charge in [-0.15, -0.1) is 0 Å². The summed E-state index contributed by atoms with van der Waals surface area (Å²) in [6.07, 6.45) is 3.47. The van der Waals surface area contributed by atoms with Gasteiger partial charge < -0.3 is 0 Å². The number of hydrogen-bond acceptors (Lipinski definition) is 4. The zero-order chi connectivity index (χ0) is 8.27. The third-order valence-corrected chi connectivity index (χ3v) is 1.72. The second kappa shape index (κ2) is 3.82. The highest BCUT2D eigenvalue weighted by Gasteiger charge is 2.00. The Hall–Kier alpha value is -0.430. The molecule has 0 bridgehead atoms. The first-order chi connectivity index (χ1) is 5.24. The summed E-state index contributed by atoms with van der Waals surface area (Å²) in [5.74, 6) is 0.563. The van der Waals surface area contributed by atoms with Crippen LogP contribution in [0.5, 0.6) is 0 Å². The first kappa shape index (κ1) is 8.66. The van der Waals surface area contributed by atoms with E-state index in [1.165, 1.54) is 5.06 Å². The summed E-state index contributed by atoms with van der Waals surface area (Å²) in [5.41, 5.74) is 0. The second-order valence-electron chi connectivity index (χ2n) is 1.88. The molecule has 11 heavy (non-hydrogen) atoms.